The highest BCUT2D eigenvalue weighted by Crippen LogP contribution is 2.02. The first-order chi connectivity index (χ1) is 12.1. The first-order valence-electron chi connectivity index (χ1n) is 8.71. The zero-order valence-electron chi connectivity index (χ0n) is 14.4. The van der Waals surface area contributed by atoms with E-state index in [1.165, 1.54) is 12.1 Å². The van der Waals surface area contributed by atoms with E-state index < -0.39 is 0 Å². The highest BCUT2D eigenvalue weighted by atomic mass is 19.1. The van der Waals surface area contributed by atoms with Crippen LogP contribution in [-0.2, 0) is 20.9 Å². The number of nitrogens with zero attached hydrogens (tertiary/aromatic N) is 1. The molecule has 25 heavy (non-hydrogen) atoms. The standard InChI is InChI=1S/C18H26FN3O3/c19-16-4-2-15(3-5-16)14-21-18(24)7-6-17(23)20-8-1-9-22-10-12-25-13-11-22/h2-5H,1,6-14H2,(H,20,23)(H,21,24). The Morgan fingerprint density at radius 3 is 2.36 bits per heavy atom. The van der Waals surface area contributed by atoms with Crippen molar-refractivity contribution in [2.24, 2.45) is 0 Å². The van der Waals surface area contributed by atoms with Gasteiger partial charge in [0.25, 0.3) is 0 Å². The van der Waals surface area contributed by atoms with Gasteiger partial charge in [0.05, 0.1) is 13.2 Å². The van der Waals surface area contributed by atoms with Gasteiger partial charge in [0.1, 0.15) is 5.82 Å². The summed E-state index contributed by atoms with van der Waals surface area (Å²) in [4.78, 5) is 25.8. The van der Waals surface area contributed by atoms with E-state index in [1.54, 1.807) is 12.1 Å². The highest BCUT2D eigenvalue weighted by Gasteiger charge is 2.10. The molecule has 6 nitrogen and oxygen atoms in total. The number of hydrogen-bond acceptors (Lipinski definition) is 4. The van der Waals surface area contributed by atoms with Gasteiger partial charge in [-0.05, 0) is 30.7 Å². The molecular formula is C18H26FN3O3. The zero-order valence-corrected chi connectivity index (χ0v) is 14.4. The maximum absolute atomic E-state index is 12.8. The Hall–Kier alpha value is -1.99. The number of ether oxygens (including phenoxy) is 1. The summed E-state index contributed by atoms with van der Waals surface area (Å²) in [7, 11) is 0. The van der Waals surface area contributed by atoms with E-state index >= 15 is 0 Å². The average molecular weight is 351 g/mol. The van der Waals surface area contributed by atoms with Gasteiger partial charge in [-0.2, -0.15) is 0 Å². The third-order valence-electron chi connectivity index (χ3n) is 4.06. The molecule has 1 heterocycles. The van der Waals surface area contributed by atoms with Crippen molar-refractivity contribution in [1.82, 2.24) is 15.5 Å². The highest BCUT2D eigenvalue weighted by molar-refractivity contribution is 5.83. The van der Waals surface area contributed by atoms with Crippen molar-refractivity contribution in [3.05, 3.63) is 35.6 Å². The summed E-state index contributed by atoms with van der Waals surface area (Å²) in [5, 5.41) is 5.56. The second-order valence-electron chi connectivity index (χ2n) is 6.06. The van der Waals surface area contributed by atoms with Crippen molar-refractivity contribution in [2.75, 3.05) is 39.4 Å². The molecule has 1 aliphatic rings. The number of benzene rings is 1. The maximum atomic E-state index is 12.8. The molecule has 2 amide bonds. The molecule has 1 fully saturated rings. The van der Waals surface area contributed by atoms with Crippen LogP contribution in [0.25, 0.3) is 0 Å². The average Bonchev–Trinajstić information content (AvgIpc) is 2.64. The summed E-state index contributed by atoms with van der Waals surface area (Å²) in [5.41, 5.74) is 0.822. The van der Waals surface area contributed by atoms with Gasteiger partial charge in [-0.1, -0.05) is 12.1 Å². The van der Waals surface area contributed by atoms with E-state index in [1.807, 2.05) is 0 Å². The third kappa shape index (κ3) is 8.09. The quantitative estimate of drug-likeness (QED) is 0.653. The van der Waals surface area contributed by atoms with E-state index in [4.69, 9.17) is 4.74 Å². The number of amides is 2. The predicted molar refractivity (Wildman–Crippen MR) is 92.4 cm³/mol. The number of rotatable bonds is 9. The Morgan fingerprint density at radius 1 is 1.04 bits per heavy atom. The number of hydrogen-bond donors (Lipinski definition) is 2. The normalized spacial score (nSPS) is 14.9. The minimum Gasteiger partial charge on any atom is -0.379 e. The van der Waals surface area contributed by atoms with Crippen molar-refractivity contribution < 1.29 is 18.7 Å². The fraction of sp³-hybridized carbons (Fsp3) is 0.556. The van der Waals surface area contributed by atoms with E-state index in [9.17, 15) is 14.0 Å². The lowest BCUT2D eigenvalue weighted by molar-refractivity contribution is -0.126. The smallest absolute Gasteiger partial charge is 0.220 e. The van der Waals surface area contributed by atoms with Crippen LogP contribution in [0, 0.1) is 5.82 Å². The number of nitrogens with one attached hydrogen (secondary N) is 2. The molecule has 1 aromatic carbocycles. The van der Waals surface area contributed by atoms with Gasteiger partial charge in [-0.15, -0.1) is 0 Å². The topological polar surface area (TPSA) is 70.7 Å². The monoisotopic (exact) mass is 351 g/mol. The molecule has 0 saturated carbocycles. The molecule has 1 aliphatic heterocycles. The van der Waals surface area contributed by atoms with Gasteiger partial charge >= 0.3 is 0 Å². The third-order valence-corrected chi connectivity index (χ3v) is 4.06. The van der Waals surface area contributed by atoms with E-state index in [-0.39, 0.29) is 30.5 Å². The van der Waals surface area contributed by atoms with Crippen molar-refractivity contribution >= 4 is 11.8 Å². The largest absolute Gasteiger partial charge is 0.379 e. The SMILES string of the molecule is O=C(CCC(=O)NCc1ccc(F)cc1)NCCCN1CCOCC1. The fourth-order valence-corrected chi connectivity index (χ4v) is 2.56. The molecule has 1 aromatic rings. The van der Waals surface area contributed by atoms with Crippen molar-refractivity contribution in [2.45, 2.75) is 25.8 Å². The molecule has 0 aliphatic carbocycles. The van der Waals surface area contributed by atoms with Gasteiger partial charge in [0, 0.05) is 39.0 Å². The first kappa shape index (κ1) is 19.3. The Bertz CT molecular complexity index is 545. The molecule has 0 spiro atoms. The molecule has 0 aromatic heterocycles. The van der Waals surface area contributed by atoms with Crippen molar-refractivity contribution in [3.63, 3.8) is 0 Å². The number of carbonyl (C=O) groups excluding carboxylic acids is 2. The number of morpholine rings is 1. The van der Waals surface area contributed by atoms with Crippen molar-refractivity contribution in [1.29, 1.82) is 0 Å². The molecule has 0 bridgehead atoms. The molecular weight excluding hydrogens is 325 g/mol. The van der Waals surface area contributed by atoms with Crippen LogP contribution in [0.3, 0.4) is 0 Å². The summed E-state index contributed by atoms with van der Waals surface area (Å²) in [6, 6.07) is 5.95. The maximum Gasteiger partial charge on any atom is 0.220 e. The van der Waals surface area contributed by atoms with Gasteiger partial charge in [0.15, 0.2) is 0 Å². The van der Waals surface area contributed by atoms with E-state index in [2.05, 4.69) is 15.5 Å². The number of carbonyl (C=O) groups is 2. The fourth-order valence-electron chi connectivity index (χ4n) is 2.56. The Balaban J connectivity index is 1.50. The summed E-state index contributed by atoms with van der Waals surface area (Å²) in [6.07, 6.45) is 1.21. The molecule has 2 N–H and O–H groups in total. The Morgan fingerprint density at radius 2 is 1.68 bits per heavy atom. The molecule has 0 atom stereocenters. The van der Waals surface area contributed by atoms with Crippen LogP contribution < -0.4 is 10.6 Å². The van der Waals surface area contributed by atoms with E-state index in [0.29, 0.717) is 13.1 Å². The minimum atomic E-state index is -0.305. The lowest BCUT2D eigenvalue weighted by Gasteiger charge is -2.26. The van der Waals surface area contributed by atoms with Crippen LogP contribution >= 0.6 is 0 Å². The van der Waals surface area contributed by atoms with Crippen molar-refractivity contribution in [3.8, 4) is 0 Å². The molecule has 0 radical (unpaired) electrons. The van der Waals surface area contributed by atoms with Gasteiger partial charge in [-0.3, -0.25) is 14.5 Å². The van der Waals surface area contributed by atoms with Crippen LogP contribution in [0.4, 0.5) is 4.39 Å². The van der Waals surface area contributed by atoms with Crippen LogP contribution in [0.5, 0.6) is 0 Å². The second kappa shape index (κ2) is 10.8. The van der Waals surface area contributed by atoms with Gasteiger partial charge < -0.3 is 15.4 Å². The van der Waals surface area contributed by atoms with Crippen LogP contribution in [0.2, 0.25) is 0 Å². The van der Waals surface area contributed by atoms with Crippen LogP contribution in [0.1, 0.15) is 24.8 Å². The summed E-state index contributed by atoms with van der Waals surface area (Å²) in [6.45, 7) is 5.35. The molecule has 7 heteroatoms. The second-order valence-corrected chi connectivity index (χ2v) is 6.06. The summed E-state index contributed by atoms with van der Waals surface area (Å²) < 4.78 is 18.1. The van der Waals surface area contributed by atoms with Crippen LogP contribution in [0.15, 0.2) is 24.3 Å². The van der Waals surface area contributed by atoms with Gasteiger partial charge in [0.2, 0.25) is 11.8 Å². The summed E-state index contributed by atoms with van der Waals surface area (Å²) >= 11 is 0. The van der Waals surface area contributed by atoms with Crippen LogP contribution in [-0.4, -0.2) is 56.1 Å². The Labute approximate surface area is 147 Å². The minimum absolute atomic E-state index is 0.112. The first-order valence-corrected chi connectivity index (χ1v) is 8.71. The lowest BCUT2D eigenvalue weighted by atomic mass is 10.2. The molecule has 1 saturated heterocycles. The molecule has 138 valence electrons. The Kier molecular flexibility index (Phi) is 8.34. The van der Waals surface area contributed by atoms with Gasteiger partial charge in [-0.25, -0.2) is 4.39 Å². The molecule has 0 unspecified atom stereocenters. The number of halogens is 1. The lowest BCUT2D eigenvalue weighted by Crippen LogP contribution is -2.38. The predicted octanol–water partition coefficient (Wildman–Crippen LogP) is 1.06. The molecule has 2 rings (SSSR count). The zero-order chi connectivity index (χ0) is 17.9. The summed E-state index contributed by atoms with van der Waals surface area (Å²) in [5.74, 6) is -0.605. The van der Waals surface area contributed by atoms with E-state index in [0.717, 1.165) is 44.8 Å².